The molecular weight excluding hydrogens is 254 g/mol. The monoisotopic (exact) mass is 273 g/mol. The molecule has 1 heterocycles. The fourth-order valence-corrected chi connectivity index (χ4v) is 2.64. The highest BCUT2D eigenvalue weighted by molar-refractivity contribution is 7.99. The first-order chi connectivity index (χ1) is 9.19. The van der Waals surface area contributed by atoms with Crippen molar-refractivity contribution in [2.45, 2.75) is 42.8 Å². The van der Waals surface area contributed by atoms with Crippen molar-refractivity contribution in [1.29, 1.82) is 0 Å². The molecule has 0 aliphatic heterocycles. The van der Waals surface area contributed by atoms with E-state index in [0.29, 0.717) is 0 Å². The van der Waals surface area contributed by atoms with Gasteiger partial charge in [0, 0.05) is 23.3 Å². The SMILES string of the molecule is CCC(N)Cc1ccc(Sc2ncccn2)cc1C. The zero-order chi connectivity index (χ0) is 13.7. The summed E-state index contributed by atoms with van der Waals surface area (Å²) in [6.07, 6.45) is 5.47. The van der Waals surface area contributed by atoms with Crippen LogP contribution < -0.4 is 5.73 Å². The first-order valence-corrected chi connectivity index (χ1v) is 7.30. The molecule has 2 aromatic rings. The number of hydrogen-bond donors (Lipinski definition) is 1. The van der Waals surface area contributed by atoms with Crippen molar-refractivity contribution in [2.75, 3.05) is 0 Å². The highest BCUT2D eigenvalue weighted by Gasteiger charge is 2.06. The fourth-order valence-electron chi connectivity index (χ4n) is 1.83. The molecule has 1 atom stereocenters. The number of aryl methyl sites for hydroxylation is 1. The Morgan fingerprint density at radius 3 is 2.63 bits per heavy atom. The van der Waals surface area contributed by atoms with Gasteiger partial charge in [0.15, 0.2) is 5.16 Å². The van der Waals surface area contributed by atoms with Gasteiger partial charge in [0.25, 0.3) is 0 Å². The summed E-state index contributed by atoms with van der Waals surface area (Å²) >= 11 is 1.58. The van der Waals surface area contributed by atoms with Gasteiger partial charge in [-0.25, -0.2) is 9.97 Å². The topological polar surface area (TPSA) is 51.8 Å². The van der Waals surface area contributed by atoms with E-state index in [1.54, 1.807) is 24.2 Å². The van der Waals surface area contributed by atoms with E-state index < -0.39 is 0 Å². The molecule has 0 fully saturated rings. The van der Waals surface area contributed by atoms with Crippen LogP contribution in [0, 0.1) is 6.92 Å². The average molecular weight is 273 g/mol. The van der Waals surface area contributed by atoms with E-state index in [9.17, 15) is 0 Å². The van der Waals surface area contributed by atoms with Crippen LogP contribution in [0.2, 0.25) is 0 Å². The molecule has 4 heteroatoms. The van der Waals surface area contributed by atoms with Crippen LogP contribution in [-0.4, -0.2) is 16.0 Å². The Bertz CT molecular complexity index is 528. The average Bonchev–Trinajstić information content (AvgIpc) is 2.43. The summed E-state index contributed by atoms with van der Waals surface area (Å²) in [6.45, 7) is 4.25. The highest BCUT2D eigenvalue weighted by Crippen LogP contribution is 2.26. The molecule has 19 heavy (non-hydrogen) atoms. The van der Waals surface area contributed by atoms with E-state index in [2.05, 4.69) is 42.0 Å². The smallest absolute Gasteiger partial charge is 0.192 e. The van der Waals surface area contributed by atoms with Crippen LogP contribution in [0.25, 0.3) is 0 Å². The first-order valence-electron chi connectivity index (χ1n) is 6.49. The molecule has 0 amide bonds. The maximum Gasteiger partial charge on any atom is 0.192 e. The summed E-state index contributed by atoms with van der Waals surface area (Å²) in [5, 5.41) is 0.778. The number of nitrogens with two attached hydrogens (primary N) is 1. The third kappa shape index (κ3) is 4.04. The summed E-state index contributed by atoms with van der Waals surface area (Å²) < 4.78 is 0. The minimum Gasteiger partial charge on any atom is -0.327 e. The van der Waals surface area contributed by atoms with Gasteiger partial charge >= 0.3 is 0 Å². The van der Waals surface area contributed by atoms with Crippen molar-refractivity contribution < 1.29 is 0 Å². The molecule has 1 aromatic carbocycles. The standard InChI is InChI=1S/C15H19N3S/c1-3-13(16)10-12-5-6-14(9-11(12)2)19-15-17-7-4-8-18-15/h4-9,13H,3,10,16H2,1-2H3. The van der Waals surface area contributed by atoms with Crippen molar-refractivity contribution in [3.05, 3.63) is 47.8 Å². The van der Waals surface area contributed by atoms with Gasteiger partial charge in [-0.3, -0.25) is 0 Å². The van der Waals surface area contributed by atoms with E-state index in [4.69, 9.17) is 5.73 Å². The van der Waals surface area contributed by atoms with Crippen molar-refractivity contribution in [1.82, 2.24) is 9.97 Å². The van der Waals surface area contributed by atoms with Crippen LogP contribution >= 0.6 is 11.8 Å². The highest BCUT2D eigenvalue weighted by atomic mass is 32.2. The van der Waals surface area contributed by atoms with Crippen LogP contribution in [0.4, 0.5) is 0 Å². The molecular formula is C15H19N3S. The quantitative estimate of drug-likeness (QED) is 0.850. The second kappa shape index (κ2) is 6.68. The normalized spacial score (nSPS) is 12.4. The van der Waals surface area contributed by atoms with Crippen molar-refractivity contribution >= 4 is 11.8 Å². The minimum atomic E-state index is 0.245. The molecule has 0 bridgehead atoms. The van der Waals surface area contributed by atoms with Gasteiger partial charge in [0.1, 0.15) is 0 Å². The molecule has 0 saturated heterocycles. The van der Waals surface area contributed by atoms with E-state index in [1.165, 1.54) is 11.1 Å². The molecule has 100 valence electrons. The van der Waals surface area contributed by atoms with E-state index in [-0.39, 0.29) is 6.04 Å². The maximum atomic E-state index is 6.01. The summed E-state index contributed by atoms with van der Waals surface area (Å²) in [5.41, 5.74) is 8.62. The molecule has 1 aromatic heterocycles. The number of benzene rings is 1. The molecule has 0 radical (unpaired) electrons. The van der Waals surface area contributed by atoms with Gasteiger partial charge in [0.05, 0.1) is 0 Å². The first kappa shape index (κ1) is 14.0. The van der Waals surface area contributed by atoms with Gasteiger partial charge in [-0.15, -0.1) is 0 Å². The lowest BCUT2D eigenvalue weighted by Crippen LogP contribution is -2.21. The number of hydrogen-bond acceptors (Lipinski definition) is 4. The largest absolute Gasteiger partial charge is 0.327 e. The molecule has 3 nitrogen and oxygen atoms in total. The van der Waals surface area contributed by atoms with E-state index >= 15 is 0 Å². The number of aromatic nitrogens is 2. The van der Waals surface area contributed by atoms with E-state index in [1.807, 2.05) is 6.07 Å². The van der Waals surface area contributed by atoms with Gasteiger partial charge in [0.2, 0.25) is 0 Å². The van der Waals surface area contributed by atoms with Crippen LogP contribution in [0.1, 0.15) is 24.5 Å². The Morgan fingerprint density at radius 2 is 2.00 bits per heavy atom. The Hall–Kier alpha value is -1.39. The Kier molecular flexibility index (Phi) is 4.93. The molecule has 2 rings (SSSR count). The maximum absolute atomic E-state index is 6.01. The zero-order valence-corrected chi connectivity index (χ0v) is 12.2. The lowest BCUT2D eigenvalue weighted by Gasteiger charge is -2.12. The Balaban J connectivity index is 2.10. The summed E-state index contributed by atoms with van der Waals surface area (Å²) in [7, 11) is 0. The minimum absolute atomic E-state index is 0.245. The molecule has 0 aliphatic rings. The van der Waals surface area contributed by atoms with Gasteiger partial charge in [-0.2, -0.15) is 0 Å². The lowest BCUT2D eigenvalue weighted by atomic mass is 10.0. The van der Waals surface area contributed by atoms with Crippen LogP contribution in [0.3, 0.4) is 0 Å². The van der Waals surface area contributed by atoms with Crippen molar-refractivity contribution in [3.63, 3.8) is 0 Å². The van der Waals surface area contributed by atoms with Crippen LogP contribution in [0.5, 0.6) is 0 Å². The Labute approximate surface area is 118 Å². The van der Waals surface area contributed by atoms with Gasteiger partial charge in [-0.1, -0.05) is 13.0 Å². The van der Waals surface area contributed by atoms with Crippen LogP contribution in [-0.2, 0) is 6.42 Å². The fraction of sp³-hybridized carbons (Fsp3) is 0.333. The van der Waals surface area contributed by atoms with Crippen molar-refractivity contribution in [2.24, 2.45) is 5.73 Å². The van der Waals surface area contributed by atoms with E-state index in [0.717, 1.165) is 22.9 Å². The zero-order valence-electron chi connectivity index (χ0n) is 11.3. The second-order valence-electron chi connectivity index (χ2n) is 4.59. The van der Waals surface area contributed by atoms with Crippen molar-refractivity contribution in [3.8, 4) is 0 Å². The predicted octanol–water partition coefficient (Wildman–Crippen LogP) is 3.22. The summed E-state index contributed by atoms with van der Waals surface area (Å²) in [6, 6.07) is 8.53. The third-order valence-electron chi connectivity index (χ3n) is 3.07. The molecule has 2 N–H and O–H groups in total. The predicted molar refractivity (Wildman–Crippen MR) is 79.3 cm³/mol. The third-order valence-corrected chi connectivity index (χ3v) is 3.95. The molecule has 0 saturated carbocycles. The lowest BCUT2D eigenvalue weighted by molar-refractivity contribution is 0.644. The van der Waals surface area contributed by atoms with Gasteiger partial charge in [-0.05, 0) is 60.9 Å². The number of nitrogens with zero attached hydrogens (tertiary/aromatic N) is 2. The molecule has 0 aliphatic carbocycles. The summed E-state index contributed by atoms with van der Waals surface area (Å²) in [4.78, 5) is 9.60. The Morgan fingerprint density at radius 1 is 1.26 bits per heavy atom. The molecule has 0 spiro atoms. The van der Waals surface area contributed by atoms with Crippen LogP contribution in [0.15, 0.2) is 46.7 Å². The molecule has 1 unspecified atom stereocenters. The van der Waals surface area contributed by atoms with Gasteiger partial charge < -0.3 is 5.73 Å². The second-order valence-corrected chi connectivity index (χ2v) is 5.63. The number of rotatable bonds is 5. The summed E-state index contributed by atoms with van der Waals surface area (Å²) in [5.74, 6) is 0.